The summed E-state index contributed by atoms with van der Waals surface area (Å²) in [6.07, 6.45) is 0. The average molecular weight is 765 g/mol. The molecule has 0 atom stereocenters. The van der Waals surface area contributed by atoms with Gasteiger partial charge in [0.05, 0.1) is 11.0 Å². The van der Waals surface area contributed by atoms with E-state index in [9.17, 15) is 0 Å². The normalized spacial score (nSPS) is 11.3. The molecular weight excluding hydrogens is 725 g/mol. The lowest BCUT2D eigenvalue weighted by molar-refractivity contribution is 1.18. The number of hydrogen-bond acceptors (Lipinski definition) is 1. The van der Waals surface area contributed by atoms with E-state index in [-0.39, 0.29) is 0 Å². The van der Waals surface area contributed by atoms with Crippen LogP contribution in [0.1, 0.15) is 0 Å². The number of nitrogens with zero attached hydrogens (tertiary/aromatic N) is 2. The largest absolute Gasteiger partial charge is 0.311 e. The fraction of sp³-hybridized carbons (Fsp3) is 0. The second-order valence-corrected chi connectivity index (χ2v) is 15.3. The Balaban J connectivity index is 0.920. The smallest absolute Gasteiger partial charge is 0.0541 e. The molecule has 0 amide bonds. The number of benzene rings is 10. The van der Waals surface area contributed by atoms with Gasteiger partial charge in [0.1, 0.15) is 0 Å². The first-order valence-corrected chi connectivity index (χ1v) is 20.6. The molecular formula is C58H40N2. The van der Waals surface area contributed by atoms with Crippen LogP contribution in [0.5, 0.6) is 0 Å². The fourth-order valence-electron chi connectivity index (χ4n) is 8.96. The molecule has 282 valence electrons. The Labute approximate surface area is 350 Å². The maximum atomic E-state index is 2.38. The molecule has 1 heterocycles. The first-order valence-electron chi connectivity index (χ1n) is 20.6. The minimum Gasteiger partial charge on any atom is -0.311 e. The second kappa shape index (κ2) is 15.1. The zero-order chi connectivity index (χ0) is 39.8. The van der Waals surface area contributed by atoms with Gasteiger partial charge in [0.2, 0.25) is 0 Å². The third kappa shape index (κ3) is 6.32. The number of fused-ring (bicyclic) bond motifs is 4. The van der Waals surface area contributed by atoms with Crippen molar-refractivity contribution in [1.29, 1.82) is 0 Å². The molecule has 2 heteroatoms. The van der Waals surface area contributed by atoms with E-state index in [2.05, 4.69) is 252 Å². The number of anilines is 3. The molecule has 0 saturated heterocycles. The van der Waals surface area contributed by atoms with Crippen molar-refractivity contribution in [2.75, 3.05) is 4.90 Å². The summed E-state index contributed by atoms with van der Waals surface area (Å²) < 4.78 is 2.38. The summed E-state index contributed by atoms with van der Waals surface area (Å²) in [5, 5.41) is 5.05. The Morgan fingerprint density at radius 3 is 1.33 bits per heavy atom. The van der Waals surface area contributed by atoms with Gasteiger partial charge in [-0.25, -0.2) is 0 Å². The van der Waals surface area contributed by atoms with Crippen LogP contribution >= 0.6 is 0 Å². The zero-order valence-corrected chi connectivity index (χ0v) is 33.0. The number of rotatable bonds is 8. The van der Waals surface area contributed by atoms with Gasteiger partial charge in [-0.05, 0) is 122 Å². The highest BCUT2D eigenvalue weighted by atomic mass is 15.1. The minimum absolute atomic E-state index is 1.10. The Kier molecular flexibility index (Phi) is 8.87. The molecule has 0 radical (unpaired) electrons. The van der Waals surface area contributed by atoms with Crippen LogP contribution in [0.3, 0.4) is 0 Å². The highest BCUT2D eigenvalue weighted by Crippen LogP contribution is 2.40. The van der Waals surface area contributed by atoms with Crippen LogP contribution < -0.4 is 4.90 Å². The molecule has 11 aromatic rings. The molecule has 0 fully saturated rings. The average Bonchev–Trinajstić information content (AvgIpc) is 3.67. The molecule has 0 aliphatic rings. The first kappa shape index (κ1) is 35.2. The third-order valence-electron chi connectivity index (χ3n) is 11.8. The predicted octanol–water partition coefficient (Wildman–Crippen LogP) is 16.1. The third-order valence-corrected chi connectivity index (χ3v) is 11.8. The van der Waals surface area contributed by atoms with E-state index < -0.39 is 0 Å². The molecule has 0 aliphatic carbocycles. The SMILES string of the molecule is c1ccc(-c2cccc3cccc(-c4ccc(N(c5ccccc5)c5ccc(-c6cccc(-c7cccc(-n8c9ccccc9c9ccccc98)c7)c6)cc5)cc4)c23)cc1. The van der Waals surface area contributed by atoms with E-state index in [0.29, 0.717) is 0 Å². The molecule has 0 saturated carbocycles. The van der Waals surface area contributed by atoms with Crippen LogP contribution in [0.2, 0.25) is 0 Å². The molecule has 11 rings (SSSR count). The molecule has 60 heavy (non-hydrogen) atoms. The first-order chi connectivity index (χ1) is 29.8. The Morgan fingerprint density at radius 2 is 0.717 bits per heavy atom. The van der Waals surface area contributed by atoms with Crippen LogP contribution in [-0.4, -0.2) is 4.57 Å². The van der Waals surface area contributed by atoms with E-state index in [1.807, 2.05) is 0 Å². The lowest BCUT2D eigenvalue weighted by atomic mass is 9.91. The van der Waals surface area contributed by atoms with Crippen molar-refractivity contribution in [1.82, 2.24) is 4.57 Å². The number of aromatic nitrogens is 1. The maximum Gasteiger partial charge on any atom is 0.0541 e. The van der Waals surface area contributed by atoms with Gasteiger partial charge < -0.3 is 9.47 Å². The molecule has 0 bridgehead atoms. The predicted molar refractivity (Wildman–Crippen MR) is 255 cm³/mol. The Morgan fingerprint density at radius 1 is 0.283 bits per heavy atom. The van der Waals surface area contributed by atoms with E-state index in [0.717, 1.165) is 22.7 Å². The summed E-state index contributed by atoms with van der Waals surface area (Å²) in [5.41, 5.74) is 16.5. The van der Waals surface area contributed by atoms with Gasteiger partial charge in [0.15, 0.2) is 0 Å². The molecule has 1 aromatic heterocycles. The monoisotopic (exact) mass is 764 g/mol. The summed E-state index contributed by atoms with van der Waals surface area (Å²) >= 11 is 0. The van der Waals surface area contributed by atoms with E-state index in [1.165, 1.54) is 77.1 Å². The van der Waals surface area contributed by atoms with Gasteiger partial charge in [0, 0.05) is 33.5 Å². The number of hydrogen-bond donors (Lipinski definition) is 0. The summed E-state index contributed by atoms with van der Waals surface area (Å²) in [6.45, 7) is 0. The van der Waals surface area contributed by atoms with Crippen LogP contribution in [0.4, 0.5) is 17.1 Å². The highest BCUT2D eigenvalue weighted by Gasteiger charge is 2.16. The van der Waals surface area contributed by atoms with Gasteiger partial charge in [-0.2, -0.15) is 0 Å². The number of para-hydroxylation sites is 3. The van der Waals surface area contributed by atoms with Crippen molar-refractivity contribution in [3.05, 3.63) is 243 Å². The fourth-order valence-corrected chi connectivity index (χ4v) is 8.96. The summed E-state index contributed by atoms with van der Waals surface area (Å²) in [5.74, 6) is 0. The zero-order valence-electron chi connectivity index (χ0n) is 33.0. The van der Waals surface area contributed by atoms with Gasteiger partial charge in [-0.3, -0.25) is 0 Å². The quantitative estimate of drug-likeness (QED) is 0.150. The topological polar surface area (TPSA) is 8.17 Å². The standard InChI is InChI=1S/C58H40N2/c1-3-15-42(16-4-1)52-27-13-17-44-18-14-28-53(58(44)52)43-33-37-50(38-34-43)59(48-22-5-2-6-23-48)49-35-31-41(32-36-49)45-19-11-20-46(39-45)47-21-12-24-51(40-47)60-56-29-9-7-25-54(56)55-26-8-10-30-57(55)60/h1-40H. The van der Waals surface area contributed by atoms with E-state index in [4.69, 9.17) is 0 Å². The van der Waals surface area contributed by atoms with E-state index in [1.54, 1.807) is 0 Å². The molecule has 0 N–H and O–H groups in total. The lowest BCUT2D eigenvalue weighted by Crippen LogP contribution is -2.09. The minimum atomic E-state index is 1.10. The van der Waals surface area contributed by atoms with Gasteiger partial charge in [-0.1, -0.05) is 176 Å². The van der Waals surface area contributed by atoms with Crippen LogP contribution in [0, 0.1) is 0 Å². The molecule has 2 nitrogen and oxygen atoms in total. The van der Waals surface area contributed by atoms with Crippen LogP contribution in [0.25, 0.3) is 82.8 Å². The molecule has 0 aliphatic heterocycles. The molecule has 0 spiro atoms. The van der Waals surface area contributed by atoms with Crippen LogP contribution in [0.15, 0.2) is 243 Å². The Bertz CT molecular complexity index is 3230. The molecule has 0 unspecified atom stereocenters. The van der Waals surface area contributed by atoms with Gasteiger partial charge >= 0.3 is 0 Å². The van der Waals surface area contributed by atoms with Crippen molar-refractivity contribution < 1.29 is 0 Å². The van der Waals surface area contributed by atoms with Gasteiger partial charge in [-0.15, -0.1) is 0 Å². The second-order valence-electron chi connectivity index (χ2n) is 15.3. The summed E-state index contributed by atoms with van der Waals surface area (Å²) in [4.78, 5) is 2.34. The Hall–Kier alpha value is -7.94. The summed E-state index contributed by atoms with van der Waals surface area (Å²) in [7, 11) is 0. The van der Waals surface area contributed by atoms with E-state index >= 15 is 0 Å². The van der Waals surface area contributed by atoms with Crippen molar-refractivity contribution in [3.8, 4) is 50.2 Å². The molecule has 10 aromatic carbocycles. The highest BCUT2D eigenvalue weighted by molar-refractivity contribution is 6.09. The van der Waals surface area contributed by atoms with Crippen molar-refractivity contribution in [2.24, 2.45) is 0 Å². The summed E-state index contributed by atoms with van der Waals surface area (Å²) in [6, 6.07) is 87.7. The van der Waals surface area contributed by atoms with Crippen molar-refractivity contribution in [3.63, 3.8) is 0 Å². The van der Waals surface area contributed by atoms with Crippen molar-refractivity contribution in [2.45, 2.75) is 0 Å². The maximum absolute atomic E-state index is 2.38. The van der Waals surface area contributed by atoms with Crippen LogP contribution in [-0.2, 0) is 0 Å². The van der Waals surface area contributed by atoms with Gasteiger partial charge in [0.25, 0.3) is 0 Å². The lowest BCUT2D eigenvalue weighted by Gasteiger charge is -2.26. The van der Waals surface area contributed by atoms with Crippen molar-refractivity contribution >= 4 is 49.6 Å².